The third-order valence-electron chi connectivity index (χ3n) is 7.86. The zero-order chi connectivity index (χ0) is 34.4. The number of anilines is 1. The summed E-state index contributed by atoms with van der Waals surface area (Å²) in [7, 11) is -2.80. The minimum absolute atomic E-state index is 0.0382. The average molecular weight is 656 g/mol. The molecule has 0 unspecified atom stereocenters. The Bertz CT molecular complexity index is 1800. The monoisotopic (exact) mass is 655 g/mol. The normalized spacial score (nSPS) is 12.2. The summed E-state index contributed by atoms with van der Waals surface area (Å²) in [5, 5.41) is 3.06. The molecule has 0 aliphatic rings. The number of carbonyl (C=O) groups is 2. The Hall–Kier alpha value is -4.63. The molecule has 1 atom stereocenters. The van der Waals surface area contributed by atoms with Crippen LogP contribution in [-0.4, -0.2) is 50.4 Å². The molecule has 8 nitrogen and oxygen atoms in total. The Balaban J connectivity index is 1.88. The third kappa shape index (κ3) is 9.01. The van der Waals surface area contributed by atoms with Crippen molar-refractivity contribution in [2.45, 2.75) is 71.0 Å². The van der Waals surface area contributed by atoms with Crippen molar-refractivity contribution >= 4 is 27.5 Å². The lowest BCUT2D eigenvalue weighted by molar-refractivity contribution is -0.140. The molecule has 0 aliphatic carbocycles. The van der Waals surface area contributed by atoms with Crippen molar-refractivity contribution < 1.29 is 22.7 Å². The van der Waals surface area contributed by atoms with Crippen molar-refractivity contribution in [2.75, 3.05) is 18.0 Å². The highest BCUT2D eigenvalue weighted by Gasteiger charge is 2.36. The van der Waals surface area contributed by atoms with E-state index in [1.165, 1.54) is 24.1 Å². The summed E-state index contributed by atoms with van der Waals surface area (Å²) >= 11 is 0. The van der Waals surface area contributed by atoms with Gasteiger partial charge in [0.05, 0.1) is 17.7 Å². The SMILES string of the molecule is COc1ccc(C)cc1N(CC(=O)N(Cc1ccccc1C)[C@H](Cc1ccccc1)C(=O)NC(C)(C)C)S(=O)(=O)c1ccc(C)cc1. The molecule has 0 spiro atoms. The van der Waals surface area contributed by atoms with Gasteiger partial charge in [0.2, 0.25) is 11.8 Å². The van der Waals surface area contributed by atoms with Crippen LogP contribution >= 0.6 is 0 Å². The Morgan fingerprint density at radius 1 is 0.830 bits per heavy atom. The van der Waals surface area contributed by atoms with Gasteiger partial charge in [-0.2, -0.15) is 0 Å². The topological polar surface area (TPSA) is 96.0 Å². The standard InChI is InChI=1S/C38H45N3O5S/c1-27-17-20-32(21-18-27)47(44,45)41(33-23-28(2)19-22-35(33)46-7)26-36(42)40(25-31-16-12-11-13-29(31)3)34(37(43)39-38(4,5)6)24-30-14-9-8-10-15-30/h8-23,34H,24-26H2,1-7H3,(H,39,43)/t34-/m1/s1. The molecule has 0 bridgehead atoms. The van der Waals surface area contributed by atoms with Crippen LogP contribution in [0.25, 0.3) is 0 Å². The van der Waals surface area contributed by atoms with Crippen molar-refractivity contribution in [1.29, 1.82) is 0 Å². The van der Waals surface area contributed by atoms with Gasteiger partial charge in [-0.15, -0.1) is 0 Å². The molecule has 2 amide bonds. The molecule has 0 saturated carbocycles. The van der Waals surface area contributed by atoms with E-state index in [2.05, 4.69) is 5.32 Å². The number of ether oxygens (including phenoxy) is 1. The van der Waals surface area contributed by atoms with Gasteiger partial charge in [-0.25, -0.2) is 8.42 Å². The zero-order valence-electron chi connectivity index (χ0n) is 28.3. The van der Waals surface area contributed by atoms with E-state index in [1.807, 2.05) is 102 Å². The number of carbonyl (C=O) groups excluding carboxylic acids is 2. The molecule has 1 N–H and O–H groups in total. The maximum atomic E-state index is 14.8. The van der Waals surface area contributed by atoms with Crippen LogP contribution in [0, 0.1) is 20.8 Å². The summed E-state index contributed by atoms with van der Waals surface area (Å²) in [4.78, 5) is 30.4. The quantitative estimate of drug-likeness (QED) is 0.191. The largest absolute Gasteiger partial charge is 0.495 e. The fraction of sp³-hybridized carbons (Fsp3) is 0.316. The second kappa shape index (κ2) is 14.9. The number of rotatable bonds is 12. The second-order valence-corrected chi connectivity index (χ2v) is 14.8. The zero-order valence-corrected chi connectivity index (χ0v) is 29.1. The minimum Gasteiger partial charge on any atom is -0.495 e. The number of benzene rings is 4. The van der Waals surface area contributed by atoms with Gasteiger partial charge >= 0.3 is 0 Å². The number of nitrogens with one attached hydrogen (secondary N) is 1. The summed E-state index contributed by atoms with van der Waals surface area (Å²) in [6.45, 7) is 10.9. The summed E-state index contributed by atoms with van der Waals surface area (Å²) < 4.78 is 35.5. The van der Waals surface area contributed by atoms with Crippen LogP contribution in [0.2, 0.25) is 0 Å². The Morgan fingerprint density at radius 3 is 2.06 bits per heavy atom. The molecule has 0 fully saturated rings. The number of aryl methyl sites for hydroxylation is 3. The third-order valence-corrected chi connectivity index (χ3v) is 9.64. The van der Waals surface area contributed by atoms with Gasteiger partial charge in [0.15, 0.2) is 0 Å². The maximum Gasteiger partial charge on any atom is 0.264 e. The molecule has 0 radical (unpaired) electrons. The van der Waals surface area contributed by atoms with Crippen molar-refractivity contribution in [3.63, 3.8) is 0 Å². The first-order chi connectivity index (χ1) is 22.2. The Labute approximate surface area is 279 Å². The molecule has 0 aliphatic heterocycles. The molecule has 4 aromatic carbocycles. The van der Waals surface area contributed by atoms with Crippen molar-refractivity contribution in [2.24, 2.45) is 0 Å². The summed E-state index contributed by atoms with van der Waals surface area (Å²) in [5.41, 5.74) is 4.02. The van der Waals surface area contributed by atoms with Gasteiger partial charge in [-0.05, 0) is 88.1 Å². The minimum atomic E-state index is -4.26. The fourth-order valence-electron chi connectivity index (χ4n) is 5.32. The maximum absolute atomic E-state index is 14.8. The van der Waals surface area contributed by atoms with Gasteiger partial charge in [0, 0.05) is 18.5 Å². The lowest BCUT2D eigenvalue weighted by Gasteiger charge is -2.35. The number of hydrogen-bond acceptors (Lipinski definition) is 5. The summed E-state index contributed by atoms with van der Waals surface area (Å²) in [5.74, 6) is -0.558. The van der Waals surface area contributed by atoms with E-state index in [-0.39, 0.29) is 29.5 Å². The van der Waals surface area contributed by atoms with Gasteiger partial charge < -0.3 is 15.0 Å². The van der Waals surface area contributed by atoms with E-state index in [1.54, 1.807) is 24.3 Å². The average Bonchev–Trinajstić information content (AvgIpc) is 3.02. The van der Waals surface area contributed by atoms with Crippen LogP contribution in [0.4, 0.5) is 5.69 Å². The first-order valence-corrected chi connectivity index (χ1v) is 17.1. The first kappa shape index (κ1) is 35.2. The second-order valence-electron chi connectivity index (χ2n) is 12.9. The number of sulfonamides is 1. The molecule has 248 valence electrons. The molecule has 0 heterocycles. The number of methoxy groups -OCH3 is 1. The highest BCUT2D eigenvalue weighted by molar-refractivity contribution is 7.92. The highest BCUT2D eigenvalue weighted by atomic mass is 32.2. The molecule has 4 aromatic rings. The van der Waals surface area contributed by atoms with Crippen LogP contribution < -0.4 is 14.4 Å². The van der Waals surface area contributed by atoms with Crippen molar-refractivity contribution in [3.05, 3.63) is 125 Å². The molecule has 4 rings (SSSR count). The molecule has 0 saturated heterocycles. The van der Waals surface area contributed by atoms with E-state index < -0.39 is 34.1 Å². The van der Waals surface area contributed by atoms with Gasteiger partial charge in [0.1, 0.15) is 18.3 Å². The predicted molar refractivity (Wildman–Crippen MR) is 187 cm³/mol. The van der Waals surface area contributed by atoms with Crippen LogP contribution in [0.5, 0.6) is 5.75 Å². The van der Waals surface area contributed by atoms with Crippen LogP contribution in [0.1, 0.15) is 48.6 Å². The van der Waals surface area contributed by atoms with Crippen molar-refractivity contribution in [3.8, 4) is 5.75 Å². The molecular weight excluding hydrogens is 611 g/mol. The van der Waals surface area contributed by atoms with E-state index in [0.29, 0.717) is 5.75 Å². The summed E-state index contributed by atoms with van der Waals surface area (Å²) in [6, 6.07) is 27.9. The molecule has 0 aromatic heterocycles. The van der Waals surface area contributed by atoms with Crippen LogP contribution in [0.3, 0.4) is 0 Å². The summed E-state index contributed by atoms with van der Waals surface area (Å²) in [6.07, 6.45) is 0.235. The van der Waals surface area contributed by atoms with E-state index in [9.17, 15) is 18.0 Å². The number of hydrogen-bond donors (Lipinski definition) is 1. The number of amides is 2. The van der Waals surface area contributed by atoms with E-state index in [4.69, 9.17) is 4.74 Å². The van der Waals surface area contributed by atoms with E-state index in [0.717, 1.165) is 32.1 Å². The van der Waals surface area contributed by atoms with Crippen LogP contribution in [0.15, 0.2) is 102 Å². The van der Waals surface area contributed by atoms with Crippen molar-refractivity contribution in [1.82, 2.24) is 10.2 Å². The molecule has 9 heteroatoms. The van der Waals surface area contributed by atoms with E-state index >= 15 is 0 Å². The fourth-order valence-corrected chi connectivity index (χ4v) is 6.74. The lowest BCUT2D eigenvalue weighted by Crippen LogP contribution is -2.56. The first-order valence-electron chi connectivity index (χ1n) is 15.6. The van der Waals surface area contributed by atoms with Crippen LogP contribution in [-0.2, 0) is 32.6 Å². The predicted octanol–water partition coefficient (Wildman–Crippen LogP) is 6.37. The smallest absolute Gasteiger partial charge is 0.264 e. The lowest BCUT2D eigenvalue weighted by atomic mass is 10.00. The van der Waals surface area contributed by atoms with Gasteiger partial charge in [-0.1, -0.05) is 78.4 Å². The van der Waals surface area contributed by atoms with Gasteiger partial charge in [0.25, 0.3) is 10.0 Å². The van der Waals surface area contributed by atoms with Gasteiger partial charge in [-0.3, -0.25) is 13.9 Å². The Morgan fingerprint density at radius 2 is 1.45 bits per heavy atom. The number of nitrogens with zero attached hydrogens (tertiary/aromatic N) is 2. The molecular formula is C38H45N3O5S. The highest BCUT2D eigenvalue weighted by Crippen LogP contribution is 2.34. The Kier molecular flexibility index (Phi) is 11.1. The molecule has 47 heavy (non-hydrogen) atoms.